The molecule has 1 rings (SSSR count). The summed E-state index contributed by atoms with van der Waals surface area (Å²) in [5.74, 6) is -0.392. The topological polar surface area (TPSA) is 68.8 Å². The third-order valence-electron chi connectivity index (χ3n) is 1.69. The molecule has 0 aromatic heterocycles. The molecule has 18 heavy (non-hydrogen) atoms. The van der Waals surface area contributed by atoms with Crippen molar-refractivity contribution in [3.8, 4) is 17.9 Å². The molecule has 0 amide bonds. The zero-order chi connectivity index (χ0) is 13.6. The summed E-state index contributed by atoms with van der Waals surface area (Å²) in [6, 6.07) is 8.24. The molecular weight excluding hydrogens is 247 g/mol. The SMILES string of the molecule is N#CC(C#N)=CNc1cccc(OC(F)(F)F)c1. The molecule has 0 atom stereocenters. The van der Waals surface area contributed by atoms with Crippen LogP contribution in [0.25, 0.3) is 0 Å². The van der Waals surface area contributed by atoms with Crippen molar-refractivity contribution in [3.05, 3.63) is 36.0 Å². The maximum absolute atomic E-state index is 12.0. The fourth-order valence-corrected chi connectivity index (χ4v) is 1.03. The van der Waals surface area contributed by atoms with Gasteiger partial charge >= 0.3 is 6.36 Å². The van der Waals surface area contributed by atoms with E-state index in [9.17, 15) is 13.2 Å². The van der Waals surface area contributed by atoms with Crippen LogP contribution in [0.5, 0.6) is 5.75 Å². The Labute approximate surface area is 101 Å². The Morgan fingerprint density at radius 3 is 2.50 bits per heavy atom. The molecule has 0 fully saturated rings. The monoisotopic (exact) mass is 253 g/mol. The molecule has 7 heteroatoms. The first-order valence-corrected chi connectivity index (χ1v) is 4.57. The summed E-state index contributed by atoms with van der Waals surface area (Å²) in [7, 11) is 0. The van der Waals surface area contributed by atoms with Crippen LogP contribution in [0.2, 0.25) is 0 Å². The van der Waals surface area contributed by atoms with Crippen molar-refractivity contribution >= 4 is 5.69 Å². The predicted octanol–water partition coefficient (Wildman–Crippen LogP) is 2.93. The number of anilines is 1. The fraction of sp³-hybridized carbons (Fsp3) is 0.0909. The van der Waals surface area contributed by atoms with Crippen LogP contribution >= 0.6 is 0 Å². The second-order valence-electron chi connectivity index (χ2n) is 3.00. The number of allylic oxidation sites excluding steroid dienone is 1. The van der Waals surface area contributed by atoms with E-state index in [1.807, 2.05) is 0 Å². The summed E-state index contributed by atoms with van der Waals surface area (Å²) in [6.45, 7) is 0. The van der Waals surface area contributed by atoms with E-state index in [1.54, 1.807) is 12.1 Å². The zero-order valence-electron chi connectivity index (χ0n) is 8.82. The minimum absolute atomic E-state index is 0.197. The number of halogens is 3. The standard InChI is InChI=1S/C11H6F3N3O/c12-11(13,14)18-10-3-1-2-9(4-10)17-7-8(5-15)6-16/h1-4,7,17H. The summed E-state index contributed by atoms with van der Waals surface area (Å²) in [5.41, 5.74) is 0.0666. The number of hydrogen-bond donors (Lipinski definition) is 1. The Balaban J connectivity index is 2.81. The van der Waals surface area contributed by atoms with Gasteiger partial charge in [0, 0.05) is 18.0 Å². The van der Waals surface area contributed by atoms with Crippen molar-refractivity contribution in [1.29, 1.82) is 10.5 Å². The van der Waals surface area contributed by atoms with Crippen molar-refractivity contribution in [2.45, 2.75) is 6.36 Å². The molecule has 0 aliphatic heterocycles. The second kappa shape index (κ2) is 5.60. The number of rotatable bonds is 3. The quantitative estimate of drug-likeness (QED) is 0.841. The van der Waals surface area contributed by atoms with Crippen molar-refractivity contribution in [2.75, 3.05) is 5.32 Å². The number of benzene rings is 1. The minimum atomic E-state index is -4.76. The van der Waals surface area contributed by atoms with Gasteiger partial charge in [0.1, 0.15) is 23.5 Å². The molecule has 0 aliphatic rings. The Morgan fingerprint density at radius 1 is 1.28 bits per heavy atom. The van der Waals surface area contributed by atoms with Crippen LogP contribution in [0.4, 0.5) is 18.9 Å². The average molecular weight is 253 g/mol. The largest absolute Gasteiger partial charge is 0.573 e. The highest BCUT2D eigenvalue weighted by atomic mass is 19.4. The van der Waals surface area contributed by atoms with E-state index in [-0.39, 0.29) is 11.3 Å². The lowest BCUT2D eigenvalue weighted by Gasteiger charge is -2.09. The Kier molecular flexibility index (Phi) is 4.16. The van der Waals surface area contributed by atoms with Gasteiger partial charge in [-0.2, -0.15) is 10.5 Å². The lowest BCUT2D eigenvalue weighted by molar-refractivity contribution is -0.274. The van der Waals surface area contributed by atoms with Gasteiger partial charge in [-0.25, -0.2) is 0 Å². The maximum Gasteiger partial charge on any atom is 0.573 e. The van der Waals surface area contributed by atoms with Crippen LogP contribution in [0.1, 0.15) is 0 Å². The number of alkyl halides is 3. The van der Waals surface area contributed by atoms with Crippen LogP contribution < -0.4 is 10.1 Å². The molecule has 4 nitrogen and oxygen atoms in total. The molecule has 92 valence electrons. The van der Waals surface area contributed by atoms with Gasteiger partial charge in [-0.05, 0) is 12.1 Å². The molecule has 1 N–H and O–H groups in total. The fourth-order valence-electron chi connectivity index (χ4n) is 1.03. The second-order valence-corrected chi connectivity index (χ2v) is 3.00. The van der Waals surface area contributed by atoms with E-state index in [0.717, 1.165) is 18.3 Å². The third kappa shape index (κ3) is 4.45. The number of ether oxygens (including phenoxy) is 1. The lowest BCUT2D eigenvalue weighted by Crippen LogP contribution is -2.17. The van der Waals surface area contributed by atoms with E-state index in [2.05, 4.69) is 10.1 Å². The van der Waals surface area contributed by atoms with Gasteiger partial charge in [0.2, 0.25) is 0 Å². The van der Waals surface area contributed by atoms with Gasteiger partial charge < -0.3 is 10.1 Å². The molecule has 0 saturated carbocycles. The molecular formula is C11H6F3N3O. The third-order valence-corrected chi connectivity index (χ3v) is 1.69. The first-order chi connectivity index (χ1) is 8.44. The van der Waals surface area contributed by atoms with Crippen molar-refractivity contribution in [3.63, 3.8) is 0 Å². The zero-order valence-corrected chi connectivity index (χ0v) is 8.82. The van der Waals surface area contributed by atoms with Gasteiger partial charge in [0.25, 0.3) is 0 Å². The molecule has 0 radical (unpaired) electrons. The van der Waals surface area contributed by atoms with Crippen molar-refractivity contribution in [2.24, 2.45) is 0 Å². The number of hydrogen-bond acceptors (Lipinski definition) is 4. The normalized spacial score (nSPS) is 9.83. The summed E-state index contributed by atoms with van der Waals surface area (Å²) in [6.07, 6.45) is -3.67. The predicted molar refractivity (Wildman–Crippen MR) is 56.1 cm³/mol. The van der Waals surface area contributed by atoms with Crippen LogP contribution in [0.15, 0.2) is 36.0 Å². The Bertz CT molecular complexity index is 522. The Hall–Kier alpha value is -2.67. The van der Waals surface area contributed by atoms with Crippen molar-refractivity contribution in [1.82, 2.24) is 0 Å². The minimum Gasteiger partial charge on any atom is -0.406 e. The van der Waals surface area contributed by atoms with Gasteiger partial charge in [0.15, 0.2) is 0 Å². The van der Waals surface area contributed by atoms with Gasteiger partial charge in [-0.3, -0.25) is 0 Å². The van der Waals surface area contributed by atoms with Gasteiger partial charge in [-0.1, -0.05) is 6.07 Å². The van der Waals surface area contributed by atoms with Gasteiger partial charge in [0.05, 0.1) is 0 Å². The average Bonchev–Trinajstić information content (AvgIpc) is 2.28. The van der Waals surface area contributed by atoms with Crippen LogP contribution in [0, 0.1) is 22.7 Å². The molecule has 0 bridgehead atoms. The maximum atomic E-state index is 12.0. The van der Waals surface area contributed by atoms with Gasteiger partial charge in [-0.15, -0.1) is 13.2 Å². The molecule has 1 aromatic rings. The van der Waals surface area contributed by atoms with E-state index >= 15 is 0 Å². The van der Waals surface area contributed by atoms with Crippen molar-refractivity contribution < 1.29 is 17.9 Å². The molecule has 0 spiro atoms. The molecule has 0 saturated heterocycles. The highest BCUT2D eigenvalue weighted by molar-refractivity contribution is 5.52. The molecule has 0 aliphatic carbocycles. The summed E-state index contributed by atoms with van der Waals surface area (Å²) >= 11 is 0. The van der Waals surface area contributed by atoms with Crippen LogP contribution in [0.3, 0.4) is 0 Å². The lowest BCUT2D eigenvalue weighted by atomic mass is 10.3. The number of nitrogens with one attached hydrogen (secondary N) is 1. The van der Waals surface area contributed by atoms with E-state index in [0.29, 0.717) is 0 Å². The number of nitrogens with zero attached hydrogens (tertiary/aromatic N) is 2. The summed E-state index contributed by atoms with van der Waals surface area (Å²) in [4.78, 5) is 0. The first kappa shape index (κ1) is 13.4. The van der Waals surface area contributed by atoms with E-state index < -0.39 is 12.1 Å². The van der Waals surface area contributed by atoms with Crippen LogP contribution in [-0.4, -0.2) is 6.36 Å². The smallest absolute Gasteiger partial charge is 0.406 e. The first-order valence-electron chi connectivity index (χ1n) is 4.57. The number of nitriles is 2. The summed E-state index contributed by atoms with van der Waals surface area (Å²) < 4.78 is 39.6. The summed E-state index contributed by atoms with van der Waals surface area (Å²) in [5, 5.41) is 19.4. The Morgan fingerprint density at radius 2 is 1.94 bits per heavy atom. The van der Waals surface area contributed by atoms with E-state index in [1.165, 1.54) is 12.1 Å². The van der Waals surface area contributed by atoms with Crippen LogP contribution in [-0.2, 0) is 0 Å². The highest BCUT2D eigenvalue weighted by Gasteiger charge is 2.31. The molecule has 0 heterocycles. The molecule has 0 unspecified atom stereocenters. The highest BCUT2D eigenvalue weighted by Crippen LogP contribution is 2.25. The molecule has 1 aromatic carbocycles. The van der Waals surface area contributed by atoms with E-state index in [4.69, 9.17) is 10.5 Å².